The van der Waals surface area contributed by atoms with E-state index >= 15 is 0 Å². The Morgan fingerprint density at radius 2 is 2.23 bits per heavy atom. The summed E-state index contributed by atoms with van der Waals surface area (Å²) in [6, 6.07) is 5.95. The molecular weight excluding hydrogens is 230 g/mol. The van der Waals surface area contributed by atoms with Crippen molar-refractivity contribution < 1.29 is 4.42 Å². The number of nitrogens with two attached hydrogens (primary N) is 1. The molecule has 0 bridgehead atoms. The second-order valence-corrected chi connectivity index (χ2v) is 4.03. The summed E-state index contributed by atoms with van der Waals surface area (Å²) in [6.45, 7) is 1.97. The number of rotatable bonds is 1. The molecule has 0 aliphatic rings. The molecule has 0 fully saturated rings. The van der Waals surface area contributed by atoms with Crippen molar-refractivity contribution in [1.29, 1.82) is 0 Å². The molecule has 2 nitrogen and oxygen atoms in total. The first kappa shape index (κ1) is 8.78. The highest BCUT2D eigenvalue weighted by atomic mass is 79.9. The summed E-state index contributed by atoms with van der Waals surface area (Å²) in [5, 5.41) is 1.10. The maximum absolute atomic E-state index is 5.85. The fourth-order valence-corrected chi connectivity index (χ4v) is 1.90. The first-order chi connectivity index (χ1) is 6.18. The fourth-order valence-electron chi connectivity index (χ4n) is 1.44. The van der Waals surface area contributed by atoms with Crippen LogP contribution in [0.1, 0.15) is 18.5 Å². The van der Waals surface area contributed by atoms with Gasteiger partial charge in [-0.05, 0) is 30.7 Å². The molecule has 0 aliphatic carbocycles. The summed E-state index contributed by atoms with van der Waals surface area (Å²) in [7, 11) is 0. The molecule has 2 N–H and O–H groups in total. The smallest absolute Gasteiger partial charge is 0.135 e. The third-order valence-electron chi connectivity index (χ3n) is 2.06. The molecule has 0 amide bonds. The largest absolute Gasteiger partial charge is 0.464 e. The molecule has 2 rings (SSSR count). The van der Waals surface area contributed by atoms with Gasteiger partial charge in [-0.15, -0.1) is 0 Å². The summed E-state index contributed by atoms with van der Waals surface area (Å²) < 4.78 is 6.31. The Morgan fingerprint density at radius 3 is 2.92 bits per heavy atom. The first-order valence-corrected chi connectivity index (χ1v) is 4.90. The minimum absolute atomic E-state index is 0.0256. The predicted molar refractivity (Wildman–Crippen MR) is 56.5 cm³/mol. The normalized spacial score (nSPS) is 13.5. The quantitative estimate of drug-likeness (QED) is 0.831. The van der Waals surface area contributed by atoms with Gasteiger partial charge >= 0.3 is 0 Å². The molecular formula is C10H10BrNO. The van der Waals surface area contributed by atoms with E-state index in [4.69, 9.17) is 10.2 Å². The van der Waals surface area contributed by atoms with E-state index < -0.39 is 0 Å². The van der Waals surface area contributed by atoms with Gasteiger partial charge in [0.1, 0.15) is 5.58 Å². The SMILES string of the molecule is C[C@H](N)c1cc(Br)cc2occc12. The molecule has 0 unspecified atom stereocenters. The zero-order valence-corrected chi connectivity index (χ0v) is 8.84. The van der Waals surface area contributed by atoms with E-state index in [0.717, 1.165) is 21.0 Å². The monoisotopic (exact) mass is 239 g/mol. The van der Waals surface area contributed by atoms with Crippen molar-refractivity contribution in [2.45, 2.75) is 13.0 Å². The molecule has 68 valence electrons. The average Bonchev–Trinajstić information content (AvgIpc) is 2.49. The lowest BCUT2D eigenvalue weighted by molar-refractivity contribution is 0.615. The average molecular weight is 240 g/mol. The van der Waals surface area contributed by atoms with Gasteiger partial charge in [0.15, 0.2) is 0 Å². The van der Waals surface area contributed by atoms with Gasteiger partial charge in [-0.2, -0.15) is 0 Å². The Hall–Kier alpha value is -0.800. The molecule has 1 atom stereocenters. The van der Waals surface area contributed by atoms with Crippen molar-refractivity contribution in [3.63, 3.8) is 0 Å². The Bertz CT molecular complexity index is 433. The van der Waals surface area contributed by atoms with Gasteiger partial charge in [-0.3, -0.25) is 0 Å². The summed E-state index contributed by atoms with van der Waals surface area (Å²) in [5.41, 5.74) is 7.83. The van der Waals surface area contributed by atoms with E-state index in [2.05, 4.69) is 15.9 Å². The van der Waals surface area contributed by atoms with Crippen molar-refractivity contribution in [3.8, 4) is 0 Å². The van der Waals surface area contributed by atoms with Crippen molar-refractivity contribution in [2.75, 3.05) is 0 Å². The van der Waals surface area contributed by atoms with E-state index in [9.17, 15) is 0 Å². The van der Waals surface area contributed by atoms with E-state index in [1.807, 2.05) is 25.1 Å². The van der Waals surface area contributed by atoms with Gasteiger partial charge in [0, 0.05) is 15.9 Å². The highest BCUT2D eigenvalue weighted by Crippen LogP contribution is 2.28. The lowest BCUT2D eigenvalue weighted by atomic mass is 10.1. The molecule has 1 aromatic heterocycles. The van der Waals surface area contributed by atoms with Crippen LogP contribution in [0.2, 0.25) is 0 Å². The third-order valence-corrected chi connectivity index (χ3v) is 2.52. The molecule has 0 aliphatic heterocycles. The van der Waals surface area contributed by atoms with Gasteiger partial charge in [0.25, 0.3) is 0 Å². The van der Waals surface area contributed by atoms with Gasteiger partial charge in [-0.25, -0.2) is 0 Å². The van der Waals surface area contributed by atoms with E-state index in [-0.39, 0.29) is 6.04 Å². The minimum atomic E-state index is 0.0256. The van der Waals surface area contributed by atoms with E-state index in [0.29, 0.717) is 0 Å². The van der Waals surface area contributed by atoms with Crippen LogP contribution in [-0.2, 0) is 0 Å². The summed E-state index contributed by atoms with van der Waals surface area (Å²) in [4.78, 5) is 0. The topological polar surface area (TPSA) is 39.2 Å². The van der Waals surface area contributed by atoms with Crippen LogP contribution >= 0.6 is 15.9 Å². The maximum Gasteiger partial charge on any atom is 0.135 e. The van der Waals surface area contributed by atoms with Crippen molar-refractivity contribution in [1.82, 2.24) is 0 Å². The zero-order chi connectivity index (χ0) is 9.42. The highest BCUT2D eigenvalue weighted by molar-refractivity contribution is 9.10. The molecule has 1 aromatic carbocycles. The maximum atomic E-state index is 5.85. The van der Waals surface area contributed by atoms with Crippen LogP contribution < -0.4 is 5.73 Å². The number of hydrogen-bond donors (Lipinski definition) is 1. The molecule has 3 heteroatoms. The van der Waals surface area contributed by atoms with Gasteiger partial charge < -0.3 is 10.2 Å². The molecule has 1 heterocycles. The minimum Gasteiger partial charge on any atom is -0.464 e. The standard InChI is InChI=1S/C10H10BrNO/c1-6(12)9-4-7(11)5-10-8(9)2-3-13-10/h2-6H,12H2,1H3/t6-/m0/s1. The fraction of sp³-hybridized carbons (Fsp3) is 0.200. The van der Waals surface area contributed by atoms with Crippen molar-refractivity contribution in [2.24, 2.45) is 5.73 Å². The van der Waals surface area contributed by atoms with E-state index in [1.54, 1.807) is 6.26 Å². The van der Waals surface area contributed by atoms with Crippen LogP contribution in [0.4, 0.5) is 0 Å². The Balaban J connectivity index is 2.77. The Kier molecular flexibility index (Phi) is 2.14. The van der Waals surface area contributed by atoms with Gasteiger partial charge in [0.05, 0.1) is 6.26 Å². The molecule has 0 spiro atoms. The number of benzene rings is 1. The van der Waals surface area contributed by atoms with Crippen LogP contribution in [0, 0.1) is 0 Å². The van der Waals surface area contributed by atoms with Crippen LogP contribution in [0.3, 0.4) is 0 Å². The number of halogens is 1. The predicted octanol–water partition coefficient (Wildman–Crippen LogP) is 3.22. The molecule has 0 saturated heterocycles. The molecule has 2 aromatic rings. The summed E-state index contributed by atoms with van der Waals surface area (Å²) in [5.74, 6) is 0. The van der Waals surface area contributed by atoms with Crippen molar-refractivity contribution >= 4 is 26.9 Å². The van der Waals surface area contributed by atoms with Crippen LogP contribution in [0.15, 0.2) is 33.4 Å². The summed E-state index contributed by atoms with van der Waals surface area (Å²) in [6.07, 6.45) is 1.68. The second-order valence-electron chi connectivity index (χ2n) is 3.12. The number of fused-ring (bicyclic) bond motifs is 1. The number of hydrogen-bond acceptors (Lipinski definition) is 2. The molecule has 0 saturated carbocycles. The van der Waals surface area contributed by atoms with Crippen LogP contribution in [0.25, 0.3) is 11.0 Å². The van der Waals surface area contributed by atoms with Crippen molar-refractivity contribution in [3.05, 3.63) is 34.5 Å². The first-order valence-electron chi connectivity index (χ1n) is 4.10. The number of furan rings is 1. The lowest BCUT2D eigenvalue weighted by Gasteiger charge is -2.06. The van der Waals surface area contributed by atoms with Gasteiger partial charge in [0.2, 0.25) is 0 Å². The van der Waals surface area contributed by atoms with Crippen LogP contribution in [-0.4, -0.2) is 0 Å². The highest BCUT2D eigenvalue weighted by Gasteiger charge is 2.08. The summed E-state index contributed by atoms with van der Waals surface area (Å²) >= 11 is 3.42. The third kappa shape index (κ3) is 1.49. The zero-order valence-electron chi connectivity index (χ0n) is 7.25. The Morgan fingerprint density at radius 1 is 1.46 bits per heavy atom. The molecule has 0 radical (unpaired) electrons. The second kappa shape index (κ2) is 3.16. The molecule has 13 heavy (non-hydrogen) atoms. The van der Waals surface area contributed by atoms with Gasteiger partial charge in [-0.1, -0.05) is 15.9 Å². The van der Waals surface area contributed by atoms with Crippen LogP contribution in [0.5, 0.6) is 0 Å². The Labute approximate surface area is 84.8 Å². The van der Waals surface area contributed by atoms with E-state index in [1.165, 1.54) is 0 Å². The lowest BCUT2D eigenvalue weighted by Crippen LogP contribution is -2.04.